The maximum absolute atomic E-state index is 12.6. The summed E-state index contributed by atoms with van der Waals surface area (Å²) in [5.41, 5.74) is 3.08. The van der Waals surface area contributed by atoms with Crippen molar-refractivity contribution in [2.75, 3.05) is 19.8 Å². The van der Waals surface area contributed by atoms with Crippen LogP contribution in [0.1, 0.15) is 18.4 Å². The van der Waals surface area contributed by atoms with Gasteiger partial charge in [0.15, 0.2) is 0 Å². The molecule has 1 unspecified atom stereocenters. The van der Waals surface area contributed by atoms with E-state index < -0.39 is 0 Å². The summed E-state index contributed by atoms with van der Waals surface area (Å²) >= 11 is 0. The van der Waals surface area contributed by atoms with Crippen LogP contribution in [0.25, 0.3) is 11.3 Å². The van der Waals surface area contributed by atoms with Crippen molar-refractivity contribution in [1.82, 2.24) is 15.2 Å². The second kappa shape index (κ2) is 7.23. The molecule has 2 aliphatic rings. The zero-order chi connectivity index (χ0) is 17.1. The van der Waals surface area contributed by atoms with Crippen molar-refractivity contribution in [3.63, 3.8) is 0 Å². The van der Waals surface area contributed by atoms with Gasteiger partial charge in [-0.05, 0) is 42.5 Å². The van der Waals surface area contributed by atoms with Crippen LogP contribution in [0.3, 0.4) is 0 Å². The average molecular weight is 337 g/mol. The lowest BCUT2D eigenvalue weighted by Gasteiger charge is -2.35. The number of carbonyl (C=O) groups is 1. The quantitative estimate of drug-likeness (QED) is 0.933. The van der Waals surface area contributed by atoms with Gasteiger partial charge in [-0.15, -0.1) is 0 Å². The molecule has 1 aliphatic carbocycles. The van der Waals surface area contributed by atoms with Gasteiger partial charge in [0, 0.05) is 24.8 Å². The second-order valence-corrected chi connectivity index (χ2v) is 6.75. The molecule has 5 heteroatoms. The summed E-state index contributed by atoms with van der Waals surface area (Å²) in [6.45, 7) is 2.51. The number of nitrogens with one attached hydrogen (secondary N) is 1. The monoisotopic (exact) mass is 337 g/mol. The zero-order valence-electron chi connectivity index (χ0n) is 14.2. The number of hydrogen-bond donors (Lipinski definition) is 1. The Labute approximate surface area is 148 Å². The molecular weight excluding hydrogens is 314 g/mol. The lowest BCUT2D eigenvalue weighted by atomic mass is 10.1. The van der Waals surface area contributed by atoms with E-state index >= 15 is 0 Å². The molecule has 2 heterocycles. The van der Waals surface area contributed by atoms with Gasteiger partial charge in [0.25, 0.3) is 0 Å². The highest BCUT2D eigenvalue weighted by Crippen LogP contribution is 2.36. The van der Waals surface area contributed by atoms with Gasteiger partial charge in [0.05, 0.1) is 24.9 Å². The predicted molar refractivity (Wildman–Crippen MR) is 95.9 cm³/mol. The standard InChI is InChI=1S/C20H23N3O2/c24-20(23-10-11-25-14-19(23)16-7-8-16)22-13-15-4-3-5-17(12-15)18-6-1-2-9-21-18/h1-6,9,12,16,19H,7-8,10-11,13-14H2,(H,22,24). The van der Waals surface area contributed by atoms with Crippen molar-refractivity contribution in [3.05, 3.63) is 54.2 Å². The second-order valence-electron chi connectivity index (χ2n) is 6.75. The molecule has 1 saturated carbocycles. The van der Waals surface area contributed by atoms with Crippen LogP contribution in [0, 0.1) is 5.92 Å². The lowest BCUT2D eigenvalue weighted by Crippen LogP contribution is -2.53. The van der Waals surface area contributed by atoms with Crippen LogP contribution >= 0.6 is 0 Å². The Hall–Kier alpha value is -2.40. The van der Waals surface area contributed by atoms with E-state index in [1.807, 2.05) is 41.3 Å². The SMILES string of the molecule is O=C(NCc1cccc(-c2ccccn2)c1)N1CCOCC1C1CC1. The summed E-state index contributed by atoms with van der Waals surface area (Å²) in [5.74, 6) is 0.624. The molecule has 0 spiro atoms. The number of aromatic nitrogens is 1. The molecule has 4 rings (SSSR count). The van der Waals surface area contributed by atoms with Gasteiger partial charge >= 0.3 is 6.03 Å². The fourth-order valence-corrected chi connectivity index (χ4v) is 3.40. The van der Waals surface area contributed by atoms with Crippen LogP contribution in [0.15, 0.2) is 48.7 Å². The van der Waals surface area contributed by atoms with E-state index in [9.17, 15) is 4.79 Å². The number of morpholine rings is 1. The molecule has 1 N–H and O–H groups in total. The Balaban J connectivity index is 1.40. The molecule has 0 radical (unpaired) electrons. The topological polar surface area (TPSA) is 54.5 Å². The molecule has 2 fully saturated rings. The highest BCUT2D eigenvalue weighted by atomic mass is 16.5. The summed E-state index contributed by atoms with van der Waals surface area (Å²) in [7, 11) is 0. The summed E-state index contributed by atoms with van der Waals surface area (Å²) in [5, 5.41) is 3.07. The maximum Gasteiger partial charge on any atom is 0.318 e. The van der Waals surface area contributed by atoms with Crippen LogP contribution in [0.4, 0.5) is 4.79 Å². The summed E-state index contributed by atoms with van der Waals surface area (Å²) in [4.78, 5) is 19.0. The predicted octanol–water partition coefficient (Wildman–Crippen LogP) is 3.07. The first-order chi connectivity index (χ1) is 12.3. The highest BCUT2D eigenvalue weighted by molar-refractivity contribution is 5.75. The molecule has 5 nitrogen and oxygen atoms in total. The van der Waals surface area contributed by atoms with Crippen molar-refractivity contribution in [3.8, 4) is 11.3 Å². The van der Waals surface area contributed by atoms with Crippen molar-refractivity contribution >= 4 is 6.03 Å². The number of amides is 2. The molecule has 0 bridgehead atoms. The molecule has 1 aromatic heterocycles. The van der Waals surface area contributed by atoms with E-state index in [-0.39, 0.29) is 12.1 Å². The zero-order valence-corrected chi connectivity index (χ0v) is 14.2. The smallest absolute Gasteiger partial charge is 0.318 e. The fourth-order valence-electron chi connectivity index (χ4n) is 3.40. The third-order valence-corrected chi connectivity index (χ3v) is 4.92. The Morgan fingerprint density at radius 2 is 2.16 bits per heavy atom. The van der Waals surface area contributed by atoms with Crippen molar-refractivity contribution in [2.24, 2.45) is 5.92 Å². The van der Waals surface area contributed by atoms with E-state index in [1.54, 1.807) is 6.20 Å². The van der Waals surface area contributed by atoms with Crippen molar-refractivity contribution in [2.45, 2.75) is 25.4 Å². The minimum absolute atomic E-state index is 0.0171. The number of carbonyl (C=O) groups excluding carboxylic acids is 1. The van der Waals surface area contributed by atoms with Gasteiger partial charge in [0.2, 0.25) is 0 Å². The molecule has 2 amide bonds. The van der Waals surface area contributed by atoms with Crippen LogP contribution in [-0.4, -0.2) is 41.7 Å². The van der Waals surface area contributed by atoms with E-state index in [4.69, 9.17) is 4.74 Å². The molecule has 1 aliphatic heterocycles. The van der Waals surface area contributed by atoms with Gasteiger partial charge in [-0.2, -0.15) is 0 Å². The van der Waals surface area contributed by atoms with Crippen LogP contribution in [0.2, 0.25) is 0 Å². The Kier molecular flexibility index (Phi) is 4.65. The summed E-state index contributed by atoms with van der Waals surface area (Å²) in [6.07, 6.45) is 4.22. The first-order valence-corrected chi connectivity index (χ1v) is 8.94. The van der Waals surface area contributed by atoms with E-state index in [2.05, 4.69) is 16.4 Å². The van der Waals surface area contributed by atoms with E-state index in [0.717, 1.165) is 16.8 Å². The molecule has 1 atom stereocenters. The minimum atomic E-state index is 0.0171. The van der Waals surface area contributed by atoms with Gasteiger partial charge in [-0.25, -0.2) is 4.79 Å². The number of urea groups is 1. The third kappa shape index (κ3) is 3.82. The molecule has 130 valence electrons. The number of hydrogen-bond acceptors (Lipinski definition) is 3. The number of rotatable bonds is 4. The van der Waals surface area contributed by atoms with Crippen molar-refractivity contribution in [1.29, 1.82) is 0 Å². The molecule has 25 heavy (non-hydrogen) atoms. The normalized spacial score (nSPS) is 20.3. The van der Waals surface area contributed by atoms with E-state index in [1.165, 1.54) is 12.8 Å². The molecule has 1 aromatic carbocycles. The first kappa shape index (κ1) is 16.1. The largest absolute Gasteiger partial charge is 0.377 e. The maximum atomic E-state index is 12.6. The molecular formula is C20H23N3O2. The van der Waals surface area contributed by atoms with Crippen LogP contribution in [0.5, 0.6) is 0 Å². The fraction of sp³-hybridized carbons (Fsp3) is 0.400. The molecule has 2 aromatic rings. The number of pyridine rings is 1. The lowest BCUT2D eigenvalue weighted by molar-refractivity contribution is 0.00463. The highest BCUT2D eigenvalue weighted by Gasteiger charge is 2.39. The number of benzene rings is 1. The van der Waals surface area contributed by atoms with Gasteiger partial charge in [0.1, 0.15) is 0 Å². The Morgan fingerprint density at radius 1 is 1.24 bits per heavy atom. The number of ether oxygens (including phenoxy) is 1. The summed E-state index contributed by atoms with van der Waals surface area (Å²) in [6, 6.07) is 14.3. The first-order valence-electron chi connectivity index (χ1n) is 8.94. The van der Waals surface area contributed by atoms with Gasteiger partial charge in [-0.1, -0.05) is 24.3 Å². The van der Waals surface area contributed by atoms with Crippen LogP contribution in [-0.2, 0) is 11.3 Å². The van der Waals surface area contributed by atoms with Crippen molar-refractivity contribution < 1.29 is 9.53 Å². The third-order valence-electron chi connectivity index (χ3n) is 4.92. The average Bonchev–Trinajstić information content (AvgIpc) is 3.52. The van der Waals surface area contributed by atoms with Gasteiger partial charge in [-0.3, -0.25) is 4.98 Å². The van der Waals surface area contributed by atoms with Crippen LogP contribution < -0.4 is 5.32 Å². The minimum Gasteiger partial charge on any atom is -0.377 e. The Bertz CT molecular complexity index is 731. The van der Waals surface area contributed by atoms with Gasteiger partial charge < -0.3 is 15.0 Å². The number of nitrogens with zero attached hydrogens (tertiary/aromatic N) is 2. The Morgan fingerprint density at radius 3 is 2.96 bits per heavy atom. The molecule has 1 saturated heterocycles. The van der Waals surface area contributed by atoms with E-state index in [0.29, 0.717) is 32.2 Å². The summed E-state index contributed by atoms with van der Waals surface area (Å²) < 4.78 is 5.56.